The van der Waals surface area contributed by atoms with Crippen LogP contribution in [0.15, 0.2) is 48.5 Å². The number of rotatable bonds is 2. The van der Waals surface area contributed by atoms with E-state index >= 15 is 0 Å². The highest BCUT2D eigenvalue weighted by atomic mass is 35.5. The van der Waals surface area contributed by atoms with E-state index < -0.39 is 5.54 Å². The molecule has 0 aliphatic rings. The summed E-state index contributed by atoms with van der Waals surface area (Å²) < 4.78 is 0. The zero-order valence-corrected chi connectivity index (χ0v) is 16.1. The summed E-state index contributed by atoms with van der Waals surface area (Å²) in [6, 6.07) is 13.5. The SMILES string of the molecule is CN(C(=O)c1ccccc1)N(C(=O)c1ccc(Cl)cc1Cl)C(C)(C)C. The van der Waals surface area contributed by atoms with Crippen LogP contribution in [0.2, 0.25) is 10.0 Å². The molecule has 2 aromatic rings. The van der Waals surface area contributed by atoms with Crippen molar-refractivity contribution < 1.29 is 9.59 Å². The van der Waals surface area contributed by atoms with Crippen molar-refractivity contribution in [2.45, 2.75) is 26.3 Å². The minimum atomic E-state index is -0.640. The normalized spacial score (nSPS) is 11.1. The molecule has 2 rings (SSSR count). The van der Waals surface area contributed by atoms with Gasteiger partial charge in [-0.25, -0.2) is 10.0 Å². The van der Waals surface area contributed by atoms with E-state index in [1.165, 1.54) is 16.1 Å². The summed E-state index contributed by atoms with van der Waals surface area (Å²) in [5.74, 6) is -0.657. The molecule has 0 bridgehead atoms. The van der Waals surface area contributed by atoms with E-state index in [-0.39, 0.29) is 22.4 Å². The molecule has 0 radical (unpaired) electrons. The van der Waals surface area contributed by atoms with Crippen LogP contribution >= 0.6 is 23.2 Å². The molecular weight excluding hydrogens is 359 g/mol. The molecule has 0 saturated heterocycles. The van der Waals surface area contributed by atoms with Crippen molar-refractivity contribution >= 4 is 35.0 Å². The number of benzene rings is 2. The van der Waals surface area contributed by atoms with Crippen molar-refractivity contribution in [1.82, 2.24) is 10.0 Å². The predicted octanol–water partition coefficient (Wildman–Crippen LogP) is 4.92. The molecule has 6 heteroatoms. The lowest BCUT2D eigenvalue weighted by atomic mass is 10.1. The first kappa shape index (κ1) is 19.3. The Morgan fingerprint density at radius 2 is 1.52 bits per heavy atom. The summed E-state index contributed by atoms with van der Waals surface area (Å²) in [4.78, 5) is 25.9. The van der Waals surface area contributed by atoms with Gasteiger partial charge in [-0.3, -0.25) is 9.59 Å². The smallest absolute Gasteiger partial charge is 0.267 e. The largest absolute Gasteiger partial charge is 0.274 e. The molecule has 0 aliphatic heterocycles. The third kappa shape index (κ3) is 4.33. The average Bonchev–Trinajstić information content (AvgIpc) is 2.53. The van der Waals surface area contributed by atoms with Gasteiger partial charge in [0.1, 0.15) is 0 Å². The van der Waals surface area contributed by atoms with E-state index in [1.807, 2.05) is 26.8 Å². The molecule has 0 heterocycles. The number of carbonyl (C=O) groups is 2. The minimum absolute atomic E-state index is 0.243. The second-order valence-electron chi connectivity index (χ2n) is 6.61. The van der Waals surface area contributed by atoms with Gasteiger partial charge in [0.25, 0.3) is 11.8 Å². The van der Waals surface area contributed by atoms with Crippen molar-refractivity contribution in [2.75, 3.05) is 7.05 Å². The van der Waals surface area contributed by atoms with Gasteiger partial charge in [-0.2, -0.15) is 0 Å². The van der Waals surface area contributed by atoms with Gasteiger partial charge in [0.05, 0.1) is 16.1 Å². The lowest BCUT2D eigenvalue weighted by molar-refractivity contribution is -0.0307. The molecule has 0 aliphatic carbocycles. The third-order valence-corrected chi connectivity index (χ3v) is 4.15. The van der Waals surface area contributed by atoms with Crippen molar-refractivity contribution in [2.24, 2.45) is 0 Å². The molecule has 2 amide bonds. The highest BCUT2D eigenvalue weighted by molar-refractivity contribution is 6.36. The van der Waals surface area contributed by atoms with Crippen LogP contribution in [0.4, 0.5) is 0 Å². The van der Waals surface area contributed by atoms with E-state index in [1.54, 1.807) is 43.4 Å². The van der Waals surface area contributed by atoms with Gasteiger partial charge < -0.3 is 0 Å². The van der Waals surface area contributed by atoms with Gasteiger partial charge in [0.15, 0.2) is 0 Å². The molecule has 0 spiro atoms. The highest BCUT2D eigenvalue weighted by Crippen LogP contribution is 2.26. The topological polar surface area (TPSA) is 40.6 Å². The Hall–Kier alpha value is -2.04. The molecule has 0 atom stereocenters. The fourth-order valence-electron chi connectivity index (χ4n) is 2.53. The fourth-order valence-corrected chi connectivity index (χ4v) is 3.02. The predicted molar refractivity (Wildman–Crippen MR) is 101 cm³/mol. The Morgan fingerprint density at radius 3 is 2.04 bits per heavy atom. The first-order valence-corrected chi connectivity index (χ1v) is 8.51. The Bertz CT molecular complexity index is 786. The van der Waals surface area contributed by atoms with Crippen LogP contribution in [0.25, 0.3) is 0 Å². The van der Waals surface area contributed by atoms with Crippen LogP contribution in [-0.4, -0.2) is 34.4 Å². The summed E-state index contributed by atoms with van der Waals surface area (Å²) in [5.41, 5.74) is 0.141. The Balaban J connectivity index is 2.42. The molecule has 0 N–H and O–H groups in total. The van der Waals surface area contributed by atoms with Gasteiger partial charge in [0, 0.05) is 17.6 Å². The first-order valence-electron chi connectivity index (χ1n) is 7.75. The Kier molecular flexibility index (Phi) is 5.76. The van der Waals surface area contributed by atoms with Gasteiger partial charge in [-0.05, 0) is 51.1 Å². The average molecular weight is 379 g/mol. The number of hydrogen-bond donors (Lipinski definition) is 0. The summed E-state index contributed by atoms with van der Waals surface area (Å²) in [6.07, 6.45) is 0. The highest BCUT2D eigenvalue weighted by Gasteiger charge is 2.34. The quantitative estimate of drug-likeness (QED) is 0.695. The van der Waals surface area contributed by atoms with E-state index in [0.29, 0.717) is 10.6 Å². The van der Waals surface area contributed by atoms with Crippen molar-refractivity contribution in [3.8, 4) is 0 Å². The van der Waals surface area contributed by atoms with Crippen LogP contribution < -0.4 is 0 Å². The second kappa shape index (κ2) is 7.46. The second-order valence-corrected chi connectivity index (χ2v) is 7.45. The van der Waals surface area contributed by atoms with Gasteiger partial charge in [-0.15, -0.1) is 0 Å². The lowest BCUT2D eigenvalue weighted by Crippen LogP contribution is -2.56. The van der Waals surface area contributed by atoms with E-state index in [9.17, 15) is 9.59 Å². The maximum Gasteiger partial charge on any atom is 0.274 e. The summed E-state index contributed by atoms with van der Waals surface area (Å²) >= 11 is 12.1. The number of amides is 2. The number of hydrazine groups is 1. The monoisotopic (exact) mass is 378 g/mol. The molecule has 0 unspecified atom stereocenters. The van der Waals surface area contributed by atoms with Gasteiger partial charge in [-0.1, -0.05) is 41.4 Å². The number of carbonyl (C=O) groups excluding carboxylic acids is 2. The van der Waals surface area contributed by atoms with E-state index in [0.717, 1.165) is 0 Å². The van der Waals surface area contributed by atoms with Crippen LogP contribution in [0, 0.1) is 0 Å². The van der Waals surface area contributed by atoms with Gasteiger partial charge >= 0.3 is 0 Å². The van der Waals surface area contributed by atoms with Crippen LogP contribution in [-0.2, 0) is 0 Å². The number of halogens is 2. The zero-order chi connectivity index (χ0) is 18.8. The van der Waals surface area contributed by atoms with Gasteiger partial charge in [0.2, 0.25) is 0 Å². The molecule has 0 aromatic heterocycles. The molecular formula is C19H20Cl2N2O2. The van der Waals surface area contributed by atoms with Crippen molar-refractivity contribution in [3.05, 3.63) is 69.7 Å². The molecule has 4 nitrogen and oxygen atoms in total. The number of nitrogens with zero attached hydrogens (tertiary/aromatic N) is 2. The number of hydrogen-bond acceptors (Lipinski definition) is 2. The molecule has 2 aromatic carbocycles. The third-order valence-electron chi connectivity index (χ3n) is 3.60. The molecule has 132 valence electrons. The lowest BCUT2D eigenvalue weighted by Gasteiger charge is -2.41. The Morgan fingerprint density at radius 1 is 0.920 bits per heavy atom. The fraction of sp³-hybridized carbons (Fsp3) is 0.263. The zero-order valence-electron chi connectivity index (χ0n) is 14.6. The van der Waals surface area contributed by atoms with E-state index in [4.69, 9.17) is 23.2 Å². The van der Waals surface area contributed by atoms with Crippen molar-refractivity contribution in [3.63, 3.8) is 0 Å². The first-order chi connectivity index (χ1) is 11.6. The van der Waals surface area contributed by atoms with Crippen LogP contribution in [0.5, 0.6) is 0 Å². The summed E-state index contributed by atoms with van der Waals surface area (Å²) in [5, 5.41) is 3.41. The van der Waals surface area contributed by atoms with Crippen molar-refractivity contribution in [1.29, 1.82) is 0 Å². The van der Waals surface area contributed by atoms with Crippen LogP contribution in [0.1, 0.15) is 41.5 Å². The Labute approximate surface area is 157 Å². The molecule has 25 heavy (non-hydrogen) atoms. The van der Waals surface area contributed by atoms with Crippen LogP contribution in [0.3, 0.4) is 0 Å². The maximum absolute atomic E-state index is 13.1. The summed E-state index contributed by atoms with van der Waals surface area (Å²) in [6.45, 7) is 5.55. The standard InChI is InChI=1S/C19H20Cl2N2O2/c1-19(2,3)23(18(25)15-11-10-14(20)12-16(15)21)22(4)17(24)13-8-6-5-7-9-13/h5-12H,1-4H3. The minimum Gasteiger partial charge on any atom is -0.267 e. The molecule has 0 saturated carbocycles. The molecule has 0 fully saturated rings. The van der Waals surface area contributed by atoms with E-state index in [2.05, 4.69) is 0 Å². The summed E-state index contributed by atoms with van der Waals surface area (Å²) in [7, 11) is 1.57. The maximum atomic E-state index is 13.1.